The van der Waals surface area contributed by atoms with E-state index < -0.39 is 0 Å². The lowest BCUT2D eigenvalue weighted by molar-refractivity contribution is 0.104. The Morgan fingerprint density at radius 2 is 2.25 bits per heavy atom. The molecule has 0 radical (unpaired) electrons. The van der Waals surface area contributed by atoms with E-state index in [1.807, 2.05) is 6.07 Å². The lowest BCUT2D eigenvalue weighted by Crippen LogP contribution is -2.20. The fourth-order valence-corrected chi connectivity index (χ4v) is 1.19. The Bertz CT molecular complexity index is 257. The summed E-state index contributed by atoms with van der Waals surface area (Å²) in [6, 6.07) is 1.90. The summed E-state index contributed by atoms with van der Waals surface area (Å²) in [6.07, 6.45) is 4.24. The Labute approximate surface area is 96.2 Å². The lowest BCUT2D eigenvalue weighted by atomic mass is 10.4. The molecule has 1 rings (SSSR count). The third-order valence-corrected chi connectivity index (χ3v) is 2.01. The van der Waals surface area contributed by atoms with E-state index in [0.717, 1.165) is 45.0 Å². The van der Waals surface area contributed by atoms with Gasteiger partial charge in [-0.05, 0) is 12.5 Å². The van der Waals surface area contributed by atoms with Crippen LogP contribution < -0.4 is 5.32 Å². The van der Waals surface area contributed by atoms with Gasteiger partial charge in [-0.2, -0.15) is 0 Å². The van der Waals surface area contributed by atoms with Crippen LogP contribution in [0.2, 0.25) is 0 Å². The highest BCUT2D eigenvalue weighted by molar-refractivity contribution is 4.96. The maximum absolute atomic E-state index is 5.40. The summed E-state index contributed by atoms with van der Waals surface area (Å²) in [5.74, 6) is 0. The first-order valence-corrected chi connectivity index (χ1v) is 5.46. The molecule has 0 aliphatic carbocycles. The van der Waals surface area contributed by atoms with Gasteiger partial charge in [0.25, 0.3) is 0 Å². The van der Waals surface area contributed by atoms with Crippen LogP contribution in [0.25, 0.3) is 0 Å². The van der Waals surface area contributed by atoms with Crippen LogP contribution in [0.15, 0.2) is 18.6 Å². The second-order valence-electron chi connectivity index (χ2n) is 3.34. The predicted molar refractivity (Wildman–Crippen MR) is 61.1 cm³/mol. The van der Waals surface area contributed by atoms with Gasteiger partial charge in [0.05, 0.1) is 12.3 Å². The van der Waals surface area contributed by atoms with E-state index in [1.165, 1.54) is 0 Å². The van der Waals surface area contributed by atoms with Crippen molar-refractivity contribution in [2.45, 2.75) is 13.0 Å². The van der Waals surface area contributed by atoms with Crippen LogP contribution in [0.5, 0.6) is 0 Å². The van der Waals surface area contributed by atoms with E-state index in [0.29, 0.717) is 0 Å². The molecule has 90 valence electrons. The summed E-state index contributed by atoms with van der Waals surface area (Å²) in [6.45, 7) is 3.81. The fourth-order valence-electron chi connectivity index (χ4n) is 1.19. The van der Waals surface area contributed by atoms with Gasteiger partial charge in [-0.1, -0.05) is 0 Å². The summed E-state index contributed by atoms with van der Waals surface area (Å²) in [5, 5.41) is 3.25. The zero-order valence-electron chi connectivity index (χ0n) is 9.69. The smallest absolute Gasteiger partial charge is 0.115 e. The van der Waals surface area contributed by atoms with Crippen molar-refractivity contribution in [1.82, 2.24) is 15.3 Å². The van der Waals surface area contributed by atoms with Gasteiger partial charge in [-0.25, -0.2) is 9.97 Å². The standard InChI is InChI=1S/C11H19N3O2/c1-15-6-2-7-16-8-5-12-9-11-3-4-13-10-14-11/h3-4,10,12H,2,5-9H2,1H3. The molecule has 16 heavy (non-hydrogen) atoms. The molecule has 0 atom stereocenters. The van der Waals surface area contributed by atoms with Gasteiger partial charge in [0, 0.05) is 39.6 Å². The molecule has 0 aliphatic heterocycles. The number of rotatable bonds is 9. The third-order valence-electron chi connectivity index (χ3n) is 2.01. The summed E-state index contributed by atoms with van der Waals surface area (Å²) in [7, 11) is 1.70. The number of aromatic nitrogens is 2. The molecule has 0 unspecified atom stereocenters. The van der Waals surface area contributed by atoms with E-state index in [9.17, 15) is 0 Å². The summed E-state index contributed by atoms with van der Waals surface area (Å²) in [5.41, 5.74) is 0.995. The quantitative estimate of drug-likeness (QED) is 0.624. The maximum atomic E-state index is 5.40. The maximum Gasteiger partial charge on any atom is 0.115 e. The number of nitrogens with zero attached hydrogens (tertiary/aromatic N) is 2. The molecule has 0 fully saturated rings. The zero-order valence-corrected chi connectivity index (χ0v) is 9.69. The Morgan fingerprint density at radius 3 is 3.00 bits per heavy atom. The van der Waals surface area contributed by atoms with Gasteiger partial charge in [-0.15, -0.1) is 0 Å². The second-order valence-corrected chi connectivity index (χ2v) is 3.34. The number of methoxy groups -OCH3 is 1. The first-order chi connectivity index (χ1) is 7.93. The van der Waals surface area contributed by atoms with Crippen molar-refractivity contribution in [2.75, 3.05) is 33.5 Å². The molecule has 5 nitrogen and oxygen atoms in total. The number of ether oxygens (including phenoxy) is 2. The van der Waals surface area contributed by atoms with Gasteiger partial charge in [0.15, 0.2) is 0 Å². The van der Waals surface area contributed by atoms with Crippen LogP contribution in [0.3, 0.4) is 0 Å². The van der Waals surface area contributed by atoms with E-state index in [-0.39, 0.29) is 0 Å². The second kappa shape index (κ2) is 9.21. The Hall–Kier alpha value is -1.04. The molecule has 0 amide bonds. The fraction of sp³-hybridized carbons (Fsp3) is 0.636. The molecule has 1 aromatic rings. The topological polar surface area (TPSA) is 56.3 Å². The van der Waals surface area contributed by atoms with Crippen molar-refractivity contribution < 1.29 is 9.47 Å². The minimum atomic E-state index is 0.717. The first kappa shape index (κ1) is 13.0. The van der Waals surface area contributed by atoms with Gasteiger partial charge in [0.2, 0.25) is 0 Å². The van der Waals surface area contributed by atoms with Gasteiger partial charge < -0.3 is 14.8 Å². The number of hydrogen-bond acceptors (Lipinski definition) is 5. The van der Waals surface area contributed by atoms with Crippen LogP contribution >= 0.6 is 0 Å². The van der Waals surface area contributed by atoms with E-state index in [1.54, 1.807) is 19.6 Å². The first-order valence-electron chi connectivity index (χ1n) is 5.46. The lowest BCUT2D eigenvalue weighted by Gasteiger charge is -2.05. The molecule has 0 aromatic carbocycles. The largest absolute Gasteiger partial charge is 0.385 e. The highest BCUT2D eigenvalue weighted by atomic mass is 16.5. The molecule has 1 aromatic heterocycles. The van der Waals surface area contributed by atoms with Crippen molar-refractivity contribution >= 4 is 0 Å². The molecule has 0 spiro atoms. The number of nitrogens with one attached hydrogen (secondary N) is 1. The van der Waals surface area contributed by atoms with E-state index in [2.05, 4.69) is 15.3 Å². The average molecular weight is 225 g/mol. The normalized spacial score (nSPS) is 10.6. The van der Waals surface area contributed by atoms with Gasteiger partial charge >= 0.3 is 0 Å². The van der Waals surface area contributed by atoms with Crippen molar-refractivity contribution in [3.05, 3.63) is 24.3 Å². The number of hydrogen-bond donors (Lipinski definition) is 1. The van der Waals surface area contributed by atoms with Crippen molar-refractivity contribution in [1.29, 1.82) is 0 Å². The van der Waals surface area contributed by atoms with Crippen molar-refractivity contribution in [3.63, 3.8) is 0 Å². The molecule has 0 aliphatic rings. The minimum Gasteiger partial charge on any atom is -0.385 e. The molecular weight excluding hydrogens is 206 g/mol. The van der Waals surface area contributed by atoms with Crippen LogP contribution in [-0.4, -0.2) is 43.4 Å². The van der Waals surface area contributed by atoms with Gasteiger partial charge in [0.1, 0.15) is 6.33 Å². The molecule has 0 bridgehead atoms. The van der Waals surface area contributed by atoms with E-state index >= 15 is 0 Å². The third kappa shape index (κ3) is 6.44. The Balaban J connectivity index is 1.89. The molecule has 1 heterocycles. The highest BCUT2D eigenvalue weighted by Gasteiger charge is 1.92. The summed E-state index contributed by atoms with van der Waals surface area (Å²) in [4.78, 5) is 7.96. The average Bonchev–Trinajstić information content (AvgIpc) is 2.34. The molecule has 1 N–H and O–H groups in total. The predicted octanol–water partition coefficient (Wildman–Crippen LogP) is 0.619. The van der Waals surface area contributed by atoms with E-state index in [4.69, 9.17) is 9.47 Å². The minimum absolute atomic E-state index is 0.717. The SMILES string of the molecule is COCCCOCCNCc1ccncn1. The molecule has 5 heteroatoms. The van der Waals surface area contributed by atoms with Crippen LogP contribution in [0, 0.1) is 0 Å². The molecule has 0 saturated heterocycles. The Kier molecular flexibility index (Phi) is 7.49. The molecule has 0 saturated carbocycles. The zero-order chi connectivity index (χ0) is 11.5. The van der Waals surface area contributed by atoms with Crippen LogP contribution in [0.1, 0.15) is 12.1 Å². The Morgan fingerprint density at radius 1 is 1.31 bits per heavy atom. The van der Waals surface area contributed by atoms with Crippen LogP contribution in [-0.2, 0) is 16.0 Å². The highest BCUT2D eigenvalue weighted by Crippen LogP contribution is 1.89. The van der Waals surface area contributed by atoms with Gasteiger partial charge in [-0.3, -0.25) is 0 Å². The van der Waals surface area contributed by atoms with Crippen molar-refractivity contribution in [3.8, 4) is 0 Å². The summed E-state index contributed by atoms with van der Waals surface area (Å²) < 4.78 is 10.3. The van der Waals surface area contributed by atoms with Crippen molar-refractivity contribution in [2.24, 2.45) is 0 Å². The summed E-state index contributed by atoms with van der Waals surface area (Å²) >= 11 is 0. The monoisotopic (exact) mass is 225 g/mol. The molecular formula is C11H19N3O2. The van der Waals surface area contributed by atoms with Crippen LogP contribution in [0.4, 0.5) is 0 Å².